The van der Waals surface area contributed by atoms with Crippen molar-refractivity contribution in [2.24, 2.45) is 23.2 Å². The number of methoxy groups -OCH3 is 1. The minimum atomic E-state index is -0.903. The maximum absolute atomic E-state index is 13.9. The Morgan fingerprint density at radius 1 is 1.06 bits per heavy atom. The Hall–Kier alpha value is -2.43. The van der Waals surface area contributed by atoms with Crippen LogP contribution in [0.3, 0.4) is 0 Å². The van der Waals surface area contributed by atoms with E-state index >= 15 is 0 Å². The second-order valence-electron chi connectivity index (χ2n) is 11.4. The van der Waals surface area contributed by atoms with Crippen molar-refractivity contribution in [2.45, 2.75) is 84.0 Å². The van der Waals surface area contributed by atoms with Gasteiger partial charge in [0.15, 0.2) is 5.78 Å². The number of ether oxygens (including phenoxy) is 1. The lowest BCUT2D eigenvalue weighted by Crippen LogP contribution is -2.52. The molecule has 5 unspecified atom stereocenters. The van der Waals surface area contributed by atoms with Crippen LogP contribution in [0.4, 0.5) is 0 Å². The van der Waals surface area contributed by atoms with Crippen LogP contribution >= 0.6 is 0 Å². The van der Waals surface area contributed by atoms with Crippen molar-refractivity contribution in [3.63, 3.8) is 0 Å². The van der Waals surface area contributed by atoms with E-state index in [4.69, 9.17) is 4.74 Å². The van der Waals surface area contributed by atoms with Crippen molar-refractivity contribution < 1.29 is 24.2 Å². The second-order valence-corrected chi connectivity index (χ2v) is 11.4. The molecule has 184 valence electrons. The van der Waals surface area contributed by atoms with Gasteiger partial charge in [-0.15, -0.1) is 0 Å². The molecular formula is C29H38O5. The molecule has 5 heteroatoms. The first-order chi connectivity index (χ1) is 16.0. The molecule has 34 heavy (non-hydrogen) atoms. The van der Waals surface area contributed by atoms with Gasteiger partial charge in [-0.2, -0.15) is 0 Å². The number of fused-ring (bicyclic) bond motifs is 3. The number of carbonyl (C=O) groups is 3. The van der Waals surface area contributed by atoms with E-state index in [0.29, 0.717) is 18.4 Å². The molecule has 0 aliphatic heterocycles. The maximum Gasteiger partial charge on any atom is 0.311 e. The highest BCUT2D eigenvalue weighted by Crippen LogP contribution is 2.58. The summed E-state index contributed by atoms with van der Waals surface area (Å²) in [5.74, 6) is -2.03. The van der Waals surface area contributed by atoms with Gasteiger partial charge >= 0.3 is 11.9 Å². The molecule has 0 bridgehead atoms. The van der Waals surface area contributed by atoms with Gasteiger partial charge in [-0.25, -0.2) is 0 Å². The summed E-state index contributed by atoms with van der Waals surface area (Å²) < 4.78 is 5.25. The molecule has 5 atom stereocenters. The number of hydrogen-bond acceptors (Lipinski definition) is 4. The molecule has 0 spiro atoms. The molecular weight excluding hydrogens is 428 g/mol. The summed E-state index contributed by atoms with van der Waals surface area (Å²) in [6.07, 6.45) is 9.19. The van der Waals surface area contributed by atoms with Crippen LogP contribution in [0.1, 0.15) is 99.2 Å². The number of hydrogen-bond donors (Lipinski definition) is 1. The standard InChI is InChI=1S/C29H38O5/c1-17(2)21-15-18-11-12-24-28(3,13-8-14-29(24,4)27(33)34-5)23(18)16-22(21)25(30)19-9-6-7-10-20(19)26(31)32/h6-7,15-17,19-20,24H,8-14H2,1-5H3,(H,31,32). The van der Waals surface area contributed by atoms with Crippen LogP contribution in [0.15, 0.2) is 24.3 Å². The van der Waals surface area contributed by atoms with Crippen molar-refractivity contribution in [3.8, 4) is 0 Å². The predicted molar refractivity (Wildman–Crippen MR) is 131 cm³/mol. The van der Waals surface area contributed by atoms with E-state index in [1.54, 1.807) is 0 Å². The van der Waals surface area contributed by atoms with E-state index in [-0.39, 0.29) is 29.0 Å². The van der Waals surface area contributed by atoms with Crippen molar-refractivity contribution in [1.82, 2.24) is 0 Å². The van der Waals surface area contributed by atoms with Gasteiger partial charge < -0.3 is 9.84 Å². The molecule has 1 aromatic carbocycles. The maximum atomic E-state index is 13.9. The number of aryl methyl sites for hydroxylation is 1. The number of carboxylic acids is 1. The highest BCUT2D eigenvalue weighted by Gasteiger charge is 2.56. The van der Waals surface area contributed by atoms with Gasteiger partial charge in [-0.3, -0.25) is 14.4 Å². The van der Waals surface area contributed by atoms with Gasteiger partial charge in [0.2, 0.25) is 0 Å². The van der Waals surface area contributed by atoms with E-state index in [0.717, 1.165) is 37.7 Å². The van der Waals surface area contributed by atoms with Crippen molar-refractivity contribution in [2.75, 3.05) is 7.11 Å². The van der Waals surface area contributed by atoms with Crippen LogP contribution in [0, 0.1) is 23.2 Å². The summed E-state index contributed by atoms with van der Waals surface area (Å²) in [6, 6.07) is 4.28. The highest BCUT2D eigenvalue weighted by atomic mass is 16.5. The van der Waals surface area contributed by atoms with E-state index < -0.39 is 23.2 Å². The Bertz CT molecular complexity index is 1040. The van der Waals surface area contributed by atoms with E-state index in [2.05, 4.69) is 32.9 Å². The number of aliphatic carboxylic acids is 1. The molecule has 0 heterocycles. The van der Waals surface area contributed by atoms with Crippen molar-refractivity contribution in [3.05, 3.63) is 46.5 Å². The molecule has 1 aromatic rings. The van der Waals surface area contributed by atoms with E-state index in [1.807, 2.05) is 19.1 Å². The average Bonchev–Trinajstić information content (AvgIpc) is 2.82. The fraction of sp³-hybridized carbons (Fsp3) is 0.621. The highest BCUT2D eigenvalue weighted by molar-refractivity contribution is 6.02. The number of allylic oxidation sites excluding steroid dienone is 2. The summed E-state index contributed by atoms with van der Waals surface area (Å²) in [5, 5.41) is 9.77. The normalized spacial score (nSPS) is 32.6. The Labute approximate surface area is 203 Å². The first-order valence-electron chi connectivity index (χ1n) is 12.7. The van der Waals surface area contributed by atoms with Gasteiger partial charge in [0.1, 0.15) is 0 Å². The molecule has 0 radical (unpaired) electrons. The molecule has 3 aliphatic carbocycles. The van der Waals surface area contributed by atoms with Crippen LogP contribution in [0.25, 0.3) is 0 Å². The Kier molecular flexibility index (Phi) is 6.52. The predicted octanol–water partition coefficient (Wildman–Crippen LogP) is 5.84. The molecule has 0 aromatic heterocycles. The van der Waals surface area contributed by atoms with Crippen molar-refractivity contribution in [1.29, 1.82) is 0 Å². The van der Waals surface area contributed by atoms with E-state index in [1.165, 1.54) is 18.2 Å². The molecule has 1 saturated carbocycles. The van der Waals surface area contributed by atoms with Gasteiger partial charge in [0.25, 0.3) is 0 Å². The smallest absolute Gasteiger partial charge is 0.311 e. The zero-order valence-corrected chi connectivity index (χ0v) is 21.1. The van der Waals surface area contributed by atoms with Gasteiger partial charge in [-0.05, 0) is 85.5 Å². The summed E-state index contributed by atoms with van der Waals surface area (Å²) >= 11 is 0. The molecule has 0 saturated heterocycles. The first kappa shape index (κ1) is 24.7. The zero-order chi connectivity index (χ0) is 24.8. The quantitative estimate of drug-likeness (QED) is 0.335. The summed E-state index contributed by atoms with van der Waals surface area (Å²) in [7, 11) is 1.47. The molecule has 4 rings (SSSR count). The Morgan fingerprint density at radius 2 is 1.74 bits per heavy atom. The number of benzene rings is 1. The average molecular weight is 467 g/mol. The molecule has 0 amide bonds. The molecule has 5 nitrogen and oxygen atoms in total. The van der Waals surface area contributed by atoms with E-state index in [9.17, 15) is 19.5 Å². The topological polar surface area (TPSA) is 80.7 Å². The monoisotopic (exact) mass is 466 g/mol. The third-order valence-corrected chi connectivity index (χ3v) is 9.15. The Balaban J connectivity index is 1.83. The number of carboxylic acid groups (broad SMARTS) is 1. The first-order valence-corrected chi connectivity index (χ1v) is 12.7. The fourth-order valence-corrected chi connectivity index (χ4v) is 7.28. The molecule has 1 fully saturated rings. The van der Waals surface area contributed by atoms with Crippen LogP contribution in [0.2, 0.25) is 0 Å². The summed E-state index contributed by atoms with van der Waals surface area (Å²) in [4.78, 5) is 38.7. The van der Waals surface area contributed by atoms with Crippen LogP contribution in [-0.2, 0) is 26.2 Å². The number of rotatable bonds is 5. The summed E-state index contributed by atoms with van der Waals surface area (Å²) in [5.41, 5.74) is 3.36. The zero-order valence-electron chi connectivity index (χ0n) is 21.1. The van der Waals surface area contributed by atoms with Crippen molar-refractivity contribution >= 4 is 17.7 Å². The van der Waals surface area contributed by atoms with Gasteiger partial charge in [0.05, 0.1) is 18.4 Å². The third-order valence-electron chi connectivity index (χ3n) is 9.15. The lowest BCUT2D eigenvalue weighted by atomic mass is 9.49. The van der Waals surface area contributed by atoms with Gasteiger partial charge in [0, 0.05) is 11.5 Å². The number of Topliss-reactive ketones (excluding diaryl/α,β-unsaturated/α-hetero) is 1. The van der Waals surface area contributed by atoms with Crippen LogP contribution in [0.5, 0.6) is 0 Å². The van der Waals surface area contributed by atoms with Crippen LogP contribution in [-0.4, -0.2) is 29.9 Å². The number of carbonyl (C=O) groups excluding carboxylic acids is 2. The Morgan fingerprint density at radius 3 is 2.35 bits per heavy atom. The SMILES string of the molecule is COC(=O)C1(C)CCCC2(C)c3cc(C(=O)C4CC=CCC4C(=O)O)c(C(C)C)cc3CCC12. The minimum Gasteiger partial charge on any atom is -0.481 e. The van der Waals surface area contributed by atoms with Gasteiger partial charge in [-0.1, -0.05) is 45.4 Å². The number of esters is 1. The largest absolute Gasteiger partial charge is 0.481 e. The lowest BCUT2D eigenvalue weighted by molar-refractivity contribution is -0.161. The summed E-state index contributed by atoms with van der Waals surface area (Å²) in [6.45, 7) is 8.49. The second kappa shape index (κ2) is 8.98. The lowest BCUT2D eigenvalue weighted by Gasteiger charge is -2.54. The third kappa shape index (κ3) is 3.81. The minimum absolute atomic E-state index is 0.0551. The molecule has 1 N–H and O–H groups in total. The fourth-order valence-electron chi connectivity index (χ4n) is 7.28. The molecule has 3 aliphatic rings. The number of ketones is 1. The van der Waals surface area contributed by atoms with Crippen LogP contribution < -0.4 is 0 Å².